The molecule has 1 nitrogen and oxygen atoms in total. The maximum absolute atomic E-state index is 13.8. The maximum atomic E-state index is 13.8. The van der Waals surface area contributed by atoms with Gasteiger partial charge in [0.2, 0.25) is 0 Å². The first-order valence-electron chi connectivity index (χ1n) is 6.84. The van der Waals surface area contributed by atoms with Crippen molar-refractivity contribution in [2.24, 2.45) is 5.73 Å². The number of halogens is 5. The van der Waals surface area contributed by atoms with Crippen LogP contribution < -0.4 is 5.73 Å². The maximum Gasteiger partial charge on any atom is 0.455 e. The van der Waals surface area contributed by atoms with Crippen molar-refractivity contribution in [2.45, 2.75) is 18.1 Å². The van der Waals surface area contributed by atoms with E-state index in [1.165, 1.54) is 12.1 Å². The molecule has 0 spiro atoms. The second-order valence-corrected chi connectivity index (χ2v) is 5.33. The van der Waals surface area contributed by atoms with Crippen molar-refractivity contribution >= 4 is 21.5 Å². The molecule has 6 heteroatoms. The van der Waals surface area contributed by atoms with Crippen LogP contribution in [0, 0.1) is 0 Å². The van der Waals surface area contributed by atoms with Crippen LogP contribution in [-0.2, 0) is 0 Å². The van der Waals surface area contributed by atoms with Crippen LogP contribution in [0.4, 0.5) is 22.0 Å². The zero-order valence-electron chi connectivity index (χ0n) is 11.7. The topological polar surface area (TPSA) is 26.0 Å². The lowest BCUT2D eigenvalue weighted by molar-refractivity contribution is -0.290. The molecule has 0 saturated heterocycles. The molecule has 3 aromatic carbocycles. The molecule has 23 heavy (non-hydrogen) atoms. The smallest absolute Gasteiger partial charge is 0.319 e. The summed E-state index contributed by atoms with van der Waals surface area (Å²) in [7, 11) is 0. The van der Waals surface area contributed by atoms with Crippen molar-refractivity contribution in [1.82, 2.24) is 0 Å². The standard InChI is InChI=1S/C17H12F5N/c18-16(19,17(20,21)22)15(23)14-12-7-3-1-5-10(12)9-11-6-2-4-8-13(11)14/h1-9,15H,23H2/t15-/m1/s1. The van der Waals surface area contributed by atoms with Gasteiger partial charge in [0, 0.05) is 0 Å². The molecule has 2 N–H and O–H groups in total. The number of hydrogen-bond acceptors (Lipinski definition) is 1. The van der Waals surface area contributed by atoms with Gasteiger partial charge >= 0.3 is 12.1 Å². The Balaban J connectivity index is 2.37. The third-order valence-corrected chi connectivity index (χ3v) is 3.89. The molecule has 0 heterocycles. The second-order valence-electron chi connectivity index (χ2n) is 5.33. The van der Waals surface area contributed by atoms with Gasteiger partial charge in [0.25, 0.3) is 0 Å². The van der Waals surface area contributed by atoms with E-state index in [9.17, 15) is 22.0 Å². The fourth-order valence-electron chi connectivity index (χ4n) is 2.74. The van der Waals surface area contributed by atoms with Gasteiger partial charge in [0.1, 0.15) is 6.04 Å². The molecule has 0 radical (unpaired) electrons. The summed E-state index contributed by atoms with van der Waals surface area (Å²) in [5, 5.41) is 1.72. The van der Waals surface area contributed by atoms with Gasteiger partial charge in [-0.2, -0.15) is 22.0 Å². The Morgan fingerprint density at radius 3 is 1.61 bits per heavy atom. The Morgan fingerprint density at radius 2 is 1.17 bits per heavy atom. The summed E-state index contributed by atoms with van der Waals surface area (Å²) in [6, 6.07) is 12.1. The Morgan fingerprint density at radius 1 is 0.739 bits per heavy atom. The molecule has 0 amide bonds. The fourth-order valence-corrected chi connectivity index (χ4v) is 2.74. The van der Waals surface area contributed by atoms with Crippen LogP contribution in [0.15, 0.2) is 54.6 Å². The van der Waals surface area contributed by atoms with E-state index in [1.807, 2.05) is 0 Å². The Hall–Kier alpha value is -2.21. The molecule has 0 aliphatic carbocycles. The van der Waals surface area contributed by atoms with Crippen LogP contribution in [0.3, 0.4) is 0 Å². The second kappa shape index (κ2) is 5.16. The van der Waals surface area contributed by atoms with Crippen molar-refractivity contribution in [3.05, 3.63) is 60.2 Å². The average Bonchev–Trinajstić information content (AvgIpc) is 2.50. The normalized spacial score (nSPS) is 14.3. The van der Waals surface area contributed by atoms with Crippen molar-refractivity contribution in [3.8, 4) is 0 Å². The van der Waals surface area contributed by atoms with Gasteiger partial charge in [0.05, 0.1) is 0 Å². The lowest BCUT2D eigenvalue weighted by Gasteiger charge is -2.28. The summed E-state index contributed by atoms with van der Waals surface area (Å²) in [6.07, 6.45) is -5.72. The van der Waals surface area contributed by atoms with Gasteiger partial charge in [-0.1, -0.05) is 48.5 Å². The molecule has 0 bridgehead atoms. The minimum Gasteiger partial charge on any atom is -0.319 e. The van der Waals surface area contributed by atoms with E-state index in [-0.39, 0.29) is 5.56 Å². The highest BCUT2D eigenvalue weighted by Crippen LogP contribution is 2.46. The van der Waals surface area contributed by atoms with Crippen LogP contribution in [0.5, 0.6) is 0 Å². The lowest BCUT2D eigenvalue weighted by Crippen LogP contribution is -2.46. The highest BCUT2D eigenvalue weighted by atomic mass is 19.4. The summed E-state index contributed by atoms with van der Waals surface area (Å²) in [5.41, 5.74) is 5.23. The van der Waals surface area contributed by atoms with E-state index in [0.717, 1.165) is 0 Å². The van der Waals surface area contributed by atoms with E-state index < -0.39 is 18.1 Å². The fraction of sp³-hybridized carbons (Fsp3) is 0.176. The lowest BCUT2D eigenvalue weighted by atomic mass is 9.89. The van der Waals surface area contributed by atoms with Crippen LogP contribution in [0.1, 0.15) is 11.6 Å². The predicted octanol–water partition coefficient (Wildman–Crippen LogP) is 5.19. The predicted molar refractivity (Wildman–Crippen MR) is 79.4 cm³/mol. The Kier molecular flexibility index (Phi) is 3.52. The van der Waals surface area contributed by atoms with Gasteiger partial charge in [-0.25, -0.2) is 0 Å². The van der Waals surface area contributed by atoms with Crippen LogP contribution in [-0.4, -0.2) is 12.1 Å². The number of alkyl halides is 5. The van der Waals surface area contributed by atoms with Crippen molar-refractivity contribution in [2.75, 3.05) is 0 Å². The Bertz CT molecular complexity index is 816. The SMILES string of the molecule is N[C@H](c1c2ccccc2cc2ccccc12)C(F)(F)C(F)(F)F. The van der Waals surface area contributed by atoms with E-state index in [1.54, 1.807) is 42.5 Å². The van der Waals surface area contributed by atoms with Crippen LogP contribution >= 0.6 is 0 Å². The molecule has 0 aliphatic heterocycles. The van der Waals surface area contributed by atoms with Crippen molar-refractivity contribution in [3.63, 3.8) is 0 Å². The van der Waals surface area contributed by atoms with Crippen molar-refractivity contribution in [1.29, 1.82) is 0 Å². The minimum atomic E-state index is -5.72. The van der Waals surface area contributed by atoms with E-state index in [2.05, 4.69) is 0 Å². The third-order valence-electron chi connectivity index (χ3n) is 3.89. The van der Waals surface area contributed by atoms with Gasteiger partial charge in [-0.3, -0.25) is 0 Å². The van der Waals surface area contributed by atoms with Gasteiger partial charge < -0.3 is 5.73 Å². The number of fused-ring (bicyclic) bond motifs is 2. The molecule has 3 aromatic rings. The molecule has 0 aliphatic rings. The van der Waals surface area contributed by atoms with Gasteiger partial charge in [-0.15, -0.1) is 0 Å². The van der Waals surface area contributed by atoms with E-state index in [4.69, 9.17) is 5.73 Å². The molecule has 0 aromatic heterocycles. The molecule has 120 valence electrons. The molecular weight excluding hydrogens is 313 g/mol. The molecule has 0 unspecified atom stereocenters. The number of benzene rings is 3. The number of hydrogen-bond donors (Lipinski definition) is 1. The summed E-state index contributed by atoms with van der Waals surface area (Å²) in [6.45, 7) is 0. The van der Waals surface area contributed by atoms with Gasteiger partial charge in [-0.05, 0) is 33.2 Å². The van der Waals surface area contributed by atoms with Crippen LogP contribution in [0.25, 0.3) is 21.5 Å². The quantitative estimate of drug-likeness (QED) is 0.509. The molecular formula is C17H12F5N. The van der Waals surface area contributed by atoms with E-state index in [0.29, 0.717) is 21.5 Å². The van der Waals surface area contributed by atoms with Crippen molar-refractivity contribution < 1.29 is 22.0 Å². The number of rotatable bonds is 2. The third kappa shape index (κ3) is 2.43. The summed E-state index contributed by atoms with van der Waals surface area (Å²) in [5.74, 6) is -5.03. The highest BCUT2D eigenvalue weighted by molar-refractivity contribution is 6.02. The van der Waals surface area contributed by atoms with E-state index >= 15 is 0 Å². The first-order valence-corrected chi connectivity index (χ1v) is 6.84. The Labute approximate surface area is 128 Å². The zero-order chi connectivity index (χ0) is 16.8. The first-order chi connectivity index (χ1) is 10.7. The zero-order valence-corrected chi connectivity index (χ0v) is 11.7. The average molecular weight is 325 g/mol. The highest BCUT2D eigenvalue weighted by Gasteiger charge is 2.62. The summed E-state index contributed by atoms with van der Waals surface area (Å²) in [4.78, 5) is 0. The number of nitrogens with two attached hydrogens (primary N) is 1. The van der Waals surface area contributed by atoms with Gasteiger partial charge in [0.15, 0.2) is 0 Å². The first kappa shape index (κ1) is 15.7. The molecule has 0 fully saturated rings. The molecule has 1 atom stereocenters. The summed E-state index contributed by atoms with van der Waals surface area (Å²) < 4.78 is 65.9. The minimum absolute atomic E-state index is 0.193. The monoisotopic (exact) mass is 325 g/mol. The molecule has 0 saturated carbocycles. The summed E-state index contributed by atoms with van der Waals surface area (Å²) >= 11 is 0. The largest absolute Gasteiger partial charge is 0.455 e. The molecule has 3 rings (SSSR count). The van der Waals surface area contributed by atoms with Crippen LogP contribution in [0.2, 0.25) is 0 Å².